The summed E-state index contributed by atoms with van der Waals surface area (Å²) < 4.78 is 0. The second-order valence-electron chi connectivity index (χ2n) is 7.78. The van der Waals surface area contributed by atoms with E-state index in [2.05, 4.69) is 52.4 Å². The first-order valence-corrected chi connectivity index (χ1v) is 9.97. The predicted molar refractivity (Wildman–Crippen MR) is 117 cm³/mol. The van der Waals surface area contributed by atoms with Gasteiger partial charge in [0.1, 0.15) is 0 Å². The van der Waals surface area contributed by atoms with E-state index in [0.717, 1.165) is 52.2 Å². The zero-order chi connectivity index (χ0) is 17.5. The second-order valence-corrected chi connectivity index (χ2v) is 7.78. The molecule has 0 aliphatic carbocycles. The zero-order valence-corrected chi connectivity index (χ0v) is 18.1. The van der Waals surface area contributed by atoms with E-state index in [-0.39, 0.29) is 24.8 Å². The van der Waals surface area contributed by atoms with Gasteiger partial charge >= 0.3 is 0 Å². The van der Waals surface area contributed by atoms with Gasteiger partial charge in [0.15, 0.2) is 0 Å². The van der Waals surface area contributed by atoms with Crippen LogP contribution in [0.25, 0.3) is 0 Å². The minimum atomic E-state index is 0. The number of carbonyl (C=O) groups is 1. The van der Waals surface area contributed by atoms with Gasteiger partial charge < -0.3 is 10.2 Å². The maximum Gasteiger partial charge on any atom is 0.222 e. The number of piperidine rings is 1. The van der Waals surface area contributed by atoms with Crippen LogP contribution in [0, 0.1) is 11.8 Å². The molecule has 27 heavy (non-hydrogen) atoms. The van der Waals surface area contributed by atoms with Crippen LogP contribution < -0.4 is 5.32 Å². The summed E-state index contributed by atoms with van der Waals surface area (Å²) in [6.07, 6.45) is 4.32. The van der Waals surface area contributed by atoms with Crippen LogP contribution in [0.15, 0.2) is 30.3 Å². The quantitative estimate of drug-likeness (QED) is 0.797. The molecule has 2 atom stereocenters. The van der Waals surface area contributed by atoms with Crippen molar-refractivity contribution in [3.63, 3.8) is 0 Å². The fourth-order valence-electron chi connectivity index (χ4n) is 4.16. The first-order chi connectivity index (χ1) is 12.2. The van der Waals surface area contributed by atoms with Crippen LogP contribution >= 0.6 is 24.8 Å². The molecule has 2 aliphatic rings. The number of halogens is 2. The molecule has 2 aliphatic heterocycles. The van der Waals surface area contributed by atoms with Crippen molar-refractivity contribution in [3.8, 4) is 0 Å². The molecule has 3 rings (SSSR count). The van der Waals surface area contributed by atoms with Crippen molar-refractivity contribution in [2.24, 2.45) is 11.8 Å². The molecule has 0 spiro atoms. The van der Waals surface area contributed by atoms with E-state index in [1.807, 2.05) is 0 Å². The molecule has 6 heteroatoms. The van der Waals surface area contributed by atoms with Crippen molar-refractivity contribution in [1.29, 1.82) is 0 Å². The van der Waals surface area contributed by atoms with Crippen molar-refractivity contribution in [2.45, 2.75) is 39.2 Å². The number of carbonyl (C=O) groups excluding carboxylic acids is 1. The van der Waals surface area contributed by atoms with Crippen LogP contribution in [0.2, 0.25) is 0 Å². The third-order valence-corrected chi connectivity index (χ3v) is 5.83. The minimum Gasteiger partial charge on any atom is -0.341 e. The fourth-order valence-corrected chi connectivity index (χ4v) is 4.16. The summed E-state index contributed by atoms with van der Waals surface area (Å²) in [5.41, 5.74) is 1.36. The molecular formula is C21H35Cl2N3O. The Kier molecular flexibility index (Phi) is 11.3. The topological polar surface area (TPSA) is 35.6 Å². The molecule has 0 radical (unpaired) electrons. The third kappa shape index (κ3) is 7.61. The number of amides is 1. The van der Waals surface area contributed by atoms with Gasteiger partial charge in [-0.3, -0.25) is 9.69 Å². The normalized spacial score (nSPS) is 22.1. The Morgan fingerprint density at radius 1 is 1.11 bits per heavy atom. The lowest BCUT2D eigenvalue weighted by molar-refractivity contribution is -0.132. The highest BCUT2D eigenvalue weighted by atomic mass is 35.5. The molecule has 1 amide bonds. The van der Waals surface area contributed by atoms with E-state index in [1.165, 1.54) is 18.4 Å². The Labute approximate surface area is 176 Å². The van der Waals surface area contributed by atoms with Crippen LogP contribution in [0.4, 0.5) is 0 Å². The van der Waals surface area contributed by atoms with E-state index in [0.29, 0.717) is 24.2 Å². The summed E-state index contributed by atoms with van der Waals surface area (Å²) in [5, 5.41) is 3.48. The molecule has 0 saturated carbocycles. The monoisotopic (exact) mass is 415 g/mol. The van der Waals surface area contributed by atoms with E-state index < -0.39 is 0 Å². The van der Waals surface area contributed by atoms with E-state index >= 15 is 0 Å². The molecular weight excluding hydrogens is 381 g/mol. The van der Waals surface area contributed by atoms with E-state index in [9.17, 15) is 4.79 Å². The van der Waals surface area contributed by atoms with Crippen LogP contribution in [-0.2, 0) is 11.3 Å². The average Bonchev–Trinajstić information content (AvgIpc) is 2.89. The third-order valence-electron chi connectivity index (χ3n) is 5.83. The number of hydrogen-bond donors (Lipinski definition) is 1. The van der Waals surface area contributed by atoms with Crippen molar-refractivity contribution < 1.29 is 4.79 Å². The highest BCUT2D eigenvalue weighted by Gasteiger charge is 2.25. The maximum absolute atomic E-state index is 12.8. The summed E-state index contributed by atoms with van der Waals surface area (Å²) in [6.45, 7) is 9.34. The van der Waals surface area contributed by atoms with Gasteiger partial charge in [-0.05, 0) is 49.8 Å². The lowest BCUT2D eigenvalue weighted by Crippen LogP contribution is -2.38. The molecule has 2 fully saturated rings. The maximum atomic E-state index is 12.8. The molecule has 0 aromatic heterocycles. The first kappa shape index (κ1) is 24.2. The zero-order valence-electron chi connectivity index (χ0n) is 16.4. The van der Waals surface area contributed by atoms with Gasteiger partial charge in [0, 0.05) is 39.1 Å². The highest BCUT2D eigenvalue weighted by molar-refractivity contribution is 5.85. The lowest BCUT2D eigenvalue weighted by atomic mass is 9.85. The van der Waals surface area contributed by atoms with Gasteiger partial charge in [-0.25, -0.2) is 0 Å². The number of hydrogen-bond acceptors (Lipinski definition) is 3. The minimum absolute atomic E-state index is 0. The Bertz CT molecular complexity index is 537. The fraction of sp³-hybridized carbons (Fsp3) is 0.667. The largest absolute Gasteiger partial charge is 0.341 e. The van der Waals surface area contributed by atoms with Gasteiger partial charge in [0.05, 0.1) is 0 Å². The van der Waals surface area contributed by atoms with Gasteiger partial charge in [0.25, 0.3) is 0 Å². The molecule has 2 saturated heterocycles. The lowest BCUT2D eigenvalue weighted by Gasteiger charge is -2.30. The first-order valence-electron chi connectivity index (χ1n) is 9.97. The predicted octanol–water partition coefficient (Wildman–Crippen LogP) is 3.59. The molecule has 0 bridgehead atoms. The van der Waals surface area contributed by atoms with Gasteiger partial charge in [-0.1, -0.05) is 37.3 Å². The Morgan fingerprint density at radius 2 is 1.89 bits per heavy atom. The molecule has 1 aromatic carbocycles. The van der Waals surface area contributed by atoms with Crippen molar-refractivity contribution in [3.05, 3.63) is 35.9 Å². The van der Waals surface area contributed by atoms with Crippen LogP contribution in [0.3, 0.4) is 0 Å². The Morgan fingerprint density at radius 3 is 2.59 bits per heavy atom. The standard InChI is InChI=1S/C21H33N3O.2ClH/c1-18(20-9-5-10-22-16-20)15-21(25)24-12-6-11-23(13-14-24)17-19-7-3-2-4-8-19;;/h2-4,7-8,18,20,22H,5-6,9-17H2,1H3;2*1H. The van der Waals surface area contributed by atoms with Gasteiger partial charge in [-0.15, -0.1) is 24.8 Å². The van der Waals surface area contributed by atoms with Crippen LogP contribution in [0.5, 0.6) is 0 Å². The van der Waals surface area contributed by atoms with Crippen molar-refractivity contribution in [2.75, 3.05) is 39.3 Å². The smallest absolute Gasteiger partial charge is 0.222 e. The van der Waals surface area contributed by atoms with E-state index in [4.69, 9.17) is 0 Å². The molecule has 4 nitrogen and oxygen atoms in total. The molecule has 154 valence electrons. The van der Waals surface area contributed by atoms with Crippen molar-refractivity contribution >= 4 is 30.7 Å². The van der Waals surface area contributed by atoms with Crippen LogP contribution in [0.1, 0.15) is 38.2 Å². The Hall–Kier alpha value is -0.810. The molecule has 2 unspecified atom stereocenters. The molecule has 1 aromatic rings. The van der Waals surface area contributed by atoms with Crippen molar-refractivity contribution in [1.82, 2.24) is 15.1 Å². The highest BCUT2D eigenvalue weighted by Crippen LogP contribution is 2.23. The summed E-state index contributed by atoms with van der Waals surface area (Å²) >= 11 is 0. The summed E-state index contributed by atoms with van der Waals surface area (Å²) in [4.78, 5) is 17.3. The Balaban J connectivity index is 0.00000182. The van der Waals surface area contributed by atoms with Crippen LogP contribution in [-0.4, -0.2) is 55.0 Å². The molecule has 2 heterocycles. The molecule has 1 N–H and O–H groups in total. The van der Waals surface area contributed by atoms with Gasteiger partial charge in [0.2, 0.25) is 5.91 Å². The van der Waals surface area contributed by atoms with Gasteiger partial charge in [-0.2, -0.15) is 0 Å². The number of nitrogens with zero attached hydrogens (tertiary/aromatic N) is 2. The number of rotatable bonds is 5. The average molecular weight is 416 g/mol. The number of benzene rings is 1. The second kappa shape index (κ2) is 12.6. The summed E-state index contributed by atoms with van der Waals surface area (Å²) in [7, 11) is 0. The summed E-state index contributed by atoms with van der Waals surface area (Å²) in [6, 6.07) is 10.6. The summed E-state index contributed by atoms with van der Waals surface area (Å²) in [5.74, 6) is 1.52. The van der Waals surface area contributed by atoms with E-state index in [1.54, 1.807) is 0 Å². The SMILES string of the molecule is CC(CC(=O)N1CCCN(Cc2ccccc2)CC1)C1CCCNC1.Cl.Cl. The number of nitrogens with one attached hydrogen (secondary N) is 1.